The first-order valence-corrected chi connectivity index (χ1v) is 7.71. The van der Waals surface area contributed by atoms with Gasteiger partial charge in [0.05, 0.1) is 23.5 Å². The number of carbonyl (C=O) groups excluding carboxylic acids is 1. The molecule has 0 aromatic carbocycles. The summed E-state index contributed by atoms with van der Waals surface area (Å²) in [6.07, 6.45) is 7.85. The number of nitrogens with zero attached hydrogens (tertiary/aromatic N) is 6. The van der Waals surface area contributed by atoms with Gasteiger partial charge in [-0.1, -0.05) is 0 Å². The number of hydrogen-bond acceptors (Lipinski definition) is 4. The van der Waals surface area contributed by atoms with E-state index in [9.17, 15) is 10.1 Å². The van der Waals surface area contributed by atoms with Gasteiger partial charge in [0.15, 0.2) is 0 Å². The molecule has 120 valence electrons. The van der Waals surface area contributed by atoms with Crippen molar-refractivity contribution in [2.24, 2.45) is 12.5 Å². The number of fused-ring (bicyclic) bond motifs is 1. The van der Waals surface area contributed by atoms with E-state index in [0.29, 0.717) is 13.0 Å². The molecular weight excluding hydrogens is 304 g/mol. The Hall–Kier alpha value is -3.14. The second kappa shape index (κ2) is 4.93. The van der Waals surface area contributed by atoms with Crippen molar-refractivity contribution in [2.45, 2.75) is 13.3 Å². The van der Waals surface area contributed by atoms with Crippen molar-refractivity contribution in [1.29, 1.82) is 5.26 Å². The van der Waals surface area contributed by atoms with E-state index >= 15 is 0 Å². The fourth-order valence-corrected chi connectivity index (χ4v) is 3.13. The largest absolute Gasteiger partial charge is 0.309 e. The Morgan fingerprint density at radius 1 is 1.29 bits per heavy atom. The number of aryl methyl sites for hydroxylation is 1. The van der Waals surface area contributed by atoms with E-state index in [1.165, 1.54) is 0 Å². The van der Waals surface area contributed by atoms with E-state index in [2.05, 4.69) is 16.3 Å². The molecule has 7 nitrogen and oxygen atoms in total. The lowest BCUT2D eigenvalue weighted by Gasteiger charge is -2.18. The second-order valence-corrected chi connectivity index (χ2v) is 6.33. The highest BCUT2D eigenvalue weighted by molar-refractivity contribution is 6.04. The SMILES string of the molecule is Cn1cc(-c2cc3c(N4CCC(C)(C#N)C4=O)ccnn3c2)cn1. The minimum absolute atomic E-state index is 0.151. The Balaban J connectivity index is 1.82. The van der Waals surface area contributed by atoms with Crippen LogP contribution in [0.4, 0.5) is 5.69 Å². The van der Waals surface area contributed by atoms with Gasteiger partial charge in [0.2, 0.25) is 5.91 Å². The topological polar surface area (TPSA) is 79.2 Å². The summed E-state index contributed by atoms with van der Waals surface area (Å²) in [6, 6.07) is 5.96. The smallest absolute Gasteiger partial charge is 0.247 e. The molecule has 4 heterocycles. The Morgan fingerprint density at radius 3 is 2.79 bits per heavy atom. The first-order chi connectivity index (χ1) is 11.5. The minimum Gasteiger partial charge on any atom is -0.309 e. The first-order valence-electron chi connectivity index (χ1n) is 7.71. The third kappa shape index (κ3) is 2.00. The molecular formula is C17H16N6O. The number of nitriles is 1. The Morgan fingerprint density at radius 2 is 2.12 bits per heavy atom. The molecule has 1 unspecified atom stereocenters. The van der Waals surface area contributed by atoms with Gasteiger partial charge in [0.1, 0.15) is 5.41 Å². The van der Waals surface area contributed by atoms with E-state index in [-0.39, 0.29) is 5.91 Å². The Bertz CT molecular complexity index is 994. The van der Waals surface area contributed by atoms with Crippen LogP contribution in [0, 0.1) is 16.7 Å². The fourth-order valence-electron chi connectivity index (χ4n) is 3.13. The summed E-state index contributed by atoms with van der Waals surface area (Å²) >= 11 is 0. The van der Waals surface area contributed by atoms with Crippen molar-refractivity contribution in [2.75, 3.05) is 11.4 Å². The molecule has 1 amide bonds. The Kier molecular flexibility index (Phi) is 2.97. The molecule has 0 N–H and O–H groups in total. The molecule has 0 radical (unpaired) electrons. The number of carbonyl (C=O) groups is 1. The van der Waals surface area contributed by atoms with Crippen molar-refractivity contribution in [1.82, 2.24) is 19.4 Å². The van der Waals surface area contributed by atoms with Gasteiger partial charge in [-0.05, 0) is 25.5 Å². The molecule has 0 aliphatic carbocycles. The van der Waals surface area contributed by atoms with Gasteiger partial charge in [-0.3, -0.25) is 9.48 Å². The summed E-state index contributed by atoms with van der Waals surface area (Å²) in [7, 11) is 1.87. The Labute approximate surface area is 138 Å². The van der Waals surface area contributed by atoms with E-state index in [1.807, 2.05) is 31.6 Å². The van der Waals surface area contributed by atoms with Crippen LogP contribution in [-0.4, -0.2) is 31.8 Å². The molecule has 0 spiro atoms. The molecule has 1 saturated heterocycles. The normalized spacial score (nSPS) is 20.7. The number of aromatic nitrogens is 4. The lowest BCUT2D eigenvalue weighted by Crippen LogP contribution is -2.32. The number of rotatable bonds is 2. The maximum absolute atomic E-state index is 12.6. The zero-order valence-corrected chi connectivity index (χ0v) is 13.5. The third-order valence-corrected chi connectivity index (χ3v) is 4.61. The van der Waals surface area contributed by atoms with Gasteiger partial charge < -0.3 is 4.90 Å². The predicted molar refractivity (Wildman–Crippen MR) is 88.1 cm³/mol. The van der Waals surface area contributed by atoms with Crippen LogP contribution in [0.2, 0.25) is 0 Å². The van der Waals surface area contributed by atoms with Crippen molar-refractivity contribution in [3.8, 4) is 17.2 Å². The van der Waals surface area contributed by atoms with E-state index in [0.717, 1.165) is 22.3 Å². The van der Waals surface area contributed by atoms with Crippen LogP contribution in [0.5, 0.6) is 0 Å². The van der Waals surface area contributed by atoms with Crippen LogP contribution in [-0.2, 0) is 11.8 Å². The molecule has 3 aromatic heterocycles. The van der Waals surface area contributed by atoms with E-state index in [1.54, 1.807) is 33.4 Å². The van der Waals surface area contributed by atoms with Gasteiger partial charge in [-0.2, -0.15) is 15.5 Å². The number of anilines is 1. The highest BCUT2D eigenvalue weighted by Crippen LogP contribution is 2.36. The standard InChI is InChI=1S/C17H16N6O/c1-17(11-18)4-6-22(16(17)24)14-3-5-19-23-10-12(7-15(14)23)13-8-20-21(2)9-13/h3,5,7-10H,4,6H2,1-2H3. The van der Waals surface area contributed by atoms with Crippen LogP contribution < -0.4 is 4.90 Å². The zero-order valence-electron chi connectivity index (χ0n) is 13.5. The average molecular weight is 320 g/mol. The fraction of sp³-hybridized carbons (Fsp3) is 0.294. The molecule has 7 heteroatoms. The van der Waals surface area contributed by atoms with Crippen LogP contribution >= 0.6 is 0 Å². The third-order valence-electron chi connectivity index (χ3n) is 4.61. The summed E-state index contributed by atoms with van der Waals surface area (Å²) in [6.45, 7) is 2.24. The van der Waals surface area contributed by atoms with E-state index < -0.39 is 5.41 Å². The molecule has 4 rings (SSSR count). The van der Waals surface area contributed by atoms with Gasteiger partial charge in [0, 0.05) is 43.3 Å². The number of hydrogen-bond donors (Lipinski definition) is 0. The van der Waals surface area contributed by atoms with Crippen LogP contribution in [0.1, 0.15) is 13.3 Å². The summed E-state index contributed by atoms with van der Waals surface area (Å²) in [5.74, 6) is -0.151. The molecule has 1 aliphatic rings. The molecule has 1 aliphatic heterocycles. The molecule has 24 heavy (non-hydrogen) atoms. The molecule has 0 bridgehead atoms. The monoisotopic (exact) mass is 320 g/mol. The summed E-state index contributed by atoms with van der Waals surface area (Å²) in [5, 5.41) is 17.8. The van der Waals surface area contributed by atoms with Gasteiger partial charge in [-0.25, -0.2) is 4.52 Å². The lowest BCUT2D eigenvalue weighted by atomic mass is 9.91. The highest BCUT2D eigenvalue weighted by Gasteiger charge is 2.44. The molecule has 0 saturated carbocycles. The lowest BCUT2D eigenvalue weighted by molar-refractivity contribution is -0.122. The van der Waals surface area contributed by atoms with Crippen LogP contribution in [0.25, 0.3) is 16.6 Å². The number of amides is 1. The maximum atomic E-state index is 12.6. The average Bonchev–Trinajstić information content (AvgIpc) is 3.26. The predicted octanol–water partition coefficient (Wildman–Crippen LogP) is 2.00. The van der Waals surface area contributed by atoms with Crippen molar-refractivity contribution >= 4 is 17.1 Å². The zero-order chi connectivity index (χ0) is 16.9. The minimum atomic E-state index is -0.945. The summed E-state index contributed by atoms with van der Waals surface area (Å²) < 4.78 is 3.50. The van der Waals surface area contributed by atoms with Gasteiger partial charge in [0.25, 0.3) is 0 Å². The maximum Gasteiger partial charge on any atom is 0.247 e. The van der Waals surface area contributed by atoms with E-state index in [4.69, 9.17) is 0 Å². The molecule has 3 aromatic rings. The molecule has 1 fully saturated rings. The van der Waals surface area contributed by atoms with Gasteiger partial charge in [-0.15, -0.1) is 0 Å². The summed E-state index contributed by atoms with van der Waals surface area (Å²) in [4.78, 5) is 14.3. The van der Waals surface area contributed by atoms with Crippen molar-refractivity contribution in [3.63, 3.8) is 0 Å². The van der Waals surface area contributed by atoms with Crippen LogP contribution in [0.3, 0.4) is 0 Å². The van der Waals surface area contributed by atoms with Gasteiger partial charge >= 0.3 is 0 Å². The van der Waals surface area contributed by atoms with Crippen LogP contribution in [0.15, 0.2) is 36.9 Å². The quantitative estimate of drug-likeness (QED) is 0.723. The van der Waals surface area contributed by atoms with Crippen molar-refractivity contribution in [3.05, 3.63) is 36.9 Å². The second-order valence-electron chi connectivity index (χ2n) is 6.33. The van der Waals surface area contributed by atoms with Crippen molar-refractivity contribution < 1.29 is 4.79 Å². The summed E-state index contributed by atoms with van der Waals surface area (Å²) in [5.41, 5.74) is 2.65. The first kappa shape index (κ1) is 14.5. The molecule has 1 atom stereocenters. The highest BCUT2D eigenvalue weighted by atomic mass is 16.2.